The van der Waals surface area contributed by atoms with Crippen LogP contribution in [0.25, 0.3) is 17.1 Å². The number of amides is 1. The molecule has 8 heteroatoms. The molecular formula is C22H21N5O2S. The Morgan fingerprint density at radius 1 is 1.30 bits per heavy atom. The Labute approximate surface area is 178 Å². The number of aromatic nitrogens is 4. The van der Waals surface area contributed by atoms with E-state index in [1.807, 2.05) is 56.6 Å². The van der Waals surface area contributed by atoms with E-state index in [1.165, 1.54) is 6.08 Å². The summed E-state index contributed by atoms with van der Waals surface area (Å²) in [5.74, 6) is 0.492. The fourth-order valence-corrected chi connectivity index (χ4v) is 3.67. The maximum Gasteiger partial charge on any atom is 0.248 e. The highest BCUT2D eigenvalue weighted by Gasteiger charge is 2.08. The molecule has 152 valence electrons. The number of hydrogen-bond donors (Lipinski definition) is 1. The molecule has 0 bridgehead atoms. The van der Waals surface area contributed by atoms with Crippen molar-refractivity contribution in [3.63, 3.8) is 0 Å². The zero-order chi connectivity index (χ0) is 21.1. The van der Waals surface area contributed by atoms with Gasteiger partial charge in [-0.1, -0.05) is 12.1 Å². The fraction of sp³-hybridized carbons (Fsp3) is 0.182. The van der Waals surface area contributed by atoms with Crippen LogP contribution in [-0.4, -0.2) is 25.7 Å². The van der Waals surface area contributed by atoms with E-state index >= 15 is 0 Å². The number of nitrogens with zero attached hydrogens (tertiary/aromatic N) is 4. The summed E-state index contributed by atoms with van der Waals surface area (Å²) in [7, 11) is 1.85. The molecule has 1 N–H and O–H groups in total. The fourth-order valence-electron chi connectivity index (χ4n) is 3.07. The number of aryl methyl sites for hydroxylation is 3. The van der Waals surface area contributed by atoms with Gasteiger partial charge in [0, 0.05) is 23.9 Å². The maximum atomic E-state index is 12.3. The lowest BCUT2D eigenvalue weighted by Gasteiger charge is -2.05. The van der Waals surface area contributed by atoms with E-state index < -0.39 is 0 Å². The molecule has 4 rings (SSSR count). The van der Waals surface area contributed by atoms with Gasteiger partial charge in [0.05, 0.1) is 28.3 Å². The molecule has 0 saturated carbocycles. The van der Waals surface area contributed by atoms with Crippen molar-refractivity contribution in [2.75, 3.05) is 5.32 Å². The highest BCUT2D eigenvalue weighted by Crippen LogP contribution is 2.20. The largest absolute Gasteiger partial charge is 0.487 e. The smallest absolute Gasteiger partial charge is 0.248 e. The van der Waals surface area contributed by atoms with Gasteiger partial charge in [-0.15, -0.1) is 11.3 Å². The van der Waals surface area contributed by atoms with Gasteiger partial charge in [0.2, 0.25) is 5.91 Å². The molecule has 0 aliphatic carbocycles. The zero-order valence-corrected chi connectivity index (χ0v) is 17.7. The predicted molar refractivity (Wildman–Crippen MR) is 119 cm³/mol. The van der Waals surface area contributed by atoms with Crippen molar-refractivity contribution in [3.05, 3.63) is 69.9 Å². The van der Waals surface area contributed by atoms with E-state index in [1.54, 1.807) is 28.3 Å². The molecule has 0 fully saturated rings. The SMILES string of the molecule is Cc1nc(COc2cccc(/C=C/C(=O)Nc3cnc4c(c3)c(C)nn4C)c2)cs1. The number of carbonyl (C=O) groups is 1. The van der Waals surface area contributed by atoms with Gasteiger partial charge in [-0.05, 0) is 43.7 Å². The van der Waals surface area contributed by atoms with Crippen molar-refractivity contribution < 1.29 is 9.53 Å². The van der Waals surface area contributed by atoms with Crippen molar-refractivity contribution in [1.82, 2.24) is 19.7 Å². The summed E-state index contributed by atoms with van der Waals surface area (Å²) >= 11 is 1.60. The number of pyridine rings is 1. The van der Waals surface area contributed by atoms with Gasteiger partial charge in [-0.2, -0.15) is 5.10 Å². The standard InChI is InChI=1S/C22H21N5O2S/c1-14-20-10-17(11-23-22(20)27(3)26-14)25-21(28)8-7-16-5-4-6-19(9-16)29-12-18-13-30-15(2)24-18/h4-11,13H,12H2,1-3H3,(H,25,28)/b8-7+. The first-order valence-electron chi connectivity index (χ1n) is 9.40. The molecule has 30 heavy (non-hydrogen) atoms. The summed E-state index contributed by atoms with van der Waals surface area (Å²) in [6.45, 7) is 4.30. The van der Waals surface area contributed by atoms with Gasteiger partial charge in [0.1, 0.15) is 12.4 Å². The summed E-state index contributed by atoms with van der Waals surface area (Å²) < 4.78 is 7.52. The maximum absolute atomic E-state index is 12.3. The summed E-state index contributed by atoms with van der Waals surface area (Å²) in [4.78, 5) is 21.1. The molecule has 7 nitrogen and oxygen atoms in total. The molecule has 1 amide bonds. The number of carbonyl (C=O) groups excluding carboxylic acids is 1. The van der Waals surface area contributed by atoms with E-state index in [-0.39, 0.29) is 5.91 Å². The average Bonchev–Trinajstić information content (AvgIpc) is 3.27. The van der Waals surface area contributed by atoms with Crippen LogP contribution in [0.15, 0.2) is 48.0 Å². The van der Waals surface area contributed by atoms with Crippen LogP contribution in [0.2, 0.25) is 0 Å². The third-order valence-electron chi connectivity index (χ3n) is 4.47. The molecular weight excluding hydrogens is 398 g/mol. The van der Waals surface area contributed by atoms with Crippen molar-refractivity contribution in [1.29, 1.82) is 0 Å². The molecule has 0 radical (unpaired) electrons. The van der Waals surface area contributed by atoms with Crippen LogP contribution in [0.3, 0.4) is 0 Å². The lowest BCUT2D eigenvalue weighted by molar-refractivity contribution is -0.111. The van der Waals surface area contributed by atoms with Crippen LogP contribution in [0, 0.1) is 13.8 Å². The van der Waals surface area contributed by atoms with Crippen LogP contribution < -0.4 is 10.1 Å². The second kappa shape index (κ2) is 8.46. The summed E-state index contributed by atoms with van der Waals surface area (Å²) in [6.07, 6.45) is 4.86. The molecule has 0 atom stereocenters. The van der Waals surface area contributed by atoms with Gasteiger partial charge in [0.15, 0.2) is 5.65 Å². The van der Waals surface area contributed by atoms with Crippen LogP contribution >= 0.6 is 11.3 Å². The first kappa shape index (κ1) is 19.8. The second-order valence-corrected chi connectivity index (χ2v) is 7.91. The molecule has 4 aromatic rings. The molecule has 3 aromatic heterocycles. The monoisotopic (exact) mass is 419 g/mol. The minimum atomic E-state index is -0.234. The van der Waals surface area contributed by atoms with E-state index in [0.717, 1.165) is 38.7 Å². The minimum absolute atomic E-state index is 0.234. The number of anilines is 1. The molecule has 3 heterocycles. The highest BCUT2D eigenvalue weighted by molar-refractivity contribution is 7.09. The number of benzene rings is 1. The number of thiazole rings is 1. The highest BCUT2D eigenvalue weighted by atomic mass is 32.1. The lowest BCUT2D eigenvalue weighted by atomic mass is 10.2. The van der Waals surface area contributed by atoms with Gasteiger partial charge in [0.25, 0.3) is 0 Å². The Kier molecular flexibility index (Phi) is 5.58. The number of ether oxygens (including phenoxy) is 1. The number of hydrogen-bond acceptors (Lipinski definition) is 6. The molecule has 0 spiro atoms. The molecule has 0 unspecified atom stereocenters. The van der Waals surface area contributed by atoms with E-state index in [2.05, 4.69) is 20.4 Å². The van der Waals surface area contributed by atoms with Crippen LogP contribution in [0.1, 0.15) is 22.0 Å². The Balaban J connectivity index is 1.39. The minimum Gasteiger partial charge on any atom is -0.487 e. The Morgan fingerprint density at radius 2 is 2.17 bits per heavy atom. The first-order valence-corrected chi connectivity index (χ1v) is 10.3. The van der Waals surface area contributed by atoms with Gasteiger partial charge < -0.3 is 10.1 Å². The van der Waals surface area contributed by atoms with Gasteiger partial charge in [-0.25, -0.2) is 9.97 Å². The lowest BCUT2D eigenvalue weighted by Crippen LogP contribution is -2.08. The summed E-state index contributed by atoms with van der Waals surface area (Å²) in [5.41, 5.74) is 4.06. The normalized spacial score (nSPS) is 11.3. The van der Waals surface area contributed by atoms with Crippen molar-refractivity contribution >= 4 is 40.0 Å². The van der Waals surface area contributed by atoms with Crippen molar-refractivity contribution in [2.24, 2.45) is 7.05 Å². The quantitative estimate of drug-likeness (QED) is 0.472. The Morgan fingerprint density at radius 3 is 2.97 bits per heavy atom. The third-order valence-corrected chi connectivity index (χ3v) is 5.29. The van der Waals surface area contributed by atoms with E-state index in [9.17, 15) is 4.79 Å². The van der Waals surface area contributed by atoms with Gasteiger partial charge in [-0.3, -0.25) is 9.48 Å². The molecule has 0 aliphatic rings. The van der Waals surface area contributed by atoms with Crippen LogP contribution in [0.5, 0.6) is 5.75 Å². The number of nitrogens with one attached hydrogen (secondary N) is 1. The average molecular weight is 420 g/mol. The van der Waals surface area contributed by atoms with Crippen LogP contribution in [0.4, 0.5) is 5.69 Å². The zero-order valence-electron chi connectivity index (χ0n) is 16.9. The predicted octanol–water partition coefficient (Wildman–Crippen LogP) is 4.27. The number of rotatable bonds is 6. The van der Waals surface area contributed by atoms with Crippen LogP contribution in [-0.2, 0) is 18.4 Å². The molecule has 0 saturated heterocycles. The Bertz CT molecular complexity index is 1240. The molecule has 0 aliphatic heterocycles. The number of fused-ring (bicyclic) bond motifs is 1. The van der Waals surface area contributed by atoms with E-state index in [4.69, 9.17) is 4.74 Å². The third kappa shape index (κ3) is 4.55. The van der Waals surface area contributed by atoms with Gasteiger partial charge >= 0.3 is 0 Å². The molecule has 1 aromatic carbocycles. The van der Waals surface area contributed by atoms with Crippen molar-refractivity contribution in [2.45, 2.75) is 20.5 Å². The first-order chi connectivity index (χ1) is 14.5. The van der Waals surface area contributed by atoms with E-state index in [0.29, 0.717) is 12.3 Å². The Hall–Kier alpha value is -3.52. The van der Waals surface area contributed by atoms with Crippen molar-refractivity contribution in [3.8, 4) is 5.75 Å². The second-order valence-electron chi connectivity index (χ2n) is 6.85. The summed E-state index contributed by atoms with van der Waals surface area (Å²) in [5, 5.41) is 11.1. The summed E-state index contributed by atoms with van der Waals surface area (Å²) in [6, 6.07) is 9.45. The topological polar surface area (TPSA) is 81.9 Å².